The van der Waals surface area contributed by atoms with Crippen LogP contribution in [0.1, 0.15) is 16.7 Å². The summed E-state index contributed by atoms with van der Waals surface area (Å²) in [4.78, 5) is 16.7. The first kappa shape index (κ1) is 18.4. The second-order valence-corrected chi connectivity index (χ2v) is 6.88. The highest BCUT2D eigenvalue weighted by atomic mass is 19.1. The number of aryl methyl sites for hydroxylation is 1. The number of benzene rings is 2. The van der Waals surface area contributed by atoms with E-state index in [2.05, 4.69) is 10.2 Å². The van der Waals surface area contributed by atoms with Crippen molar-refractivity contribution in [3.8, 4) is 0 Å². The Morgan fingerprint density at radius 3 is 2.42 bits per heavy atom. The molecule has 1 heterocycles. The van der Waals surface area contributed by atoms with E-state index in [0.29, 0.717) is 0 Å². The number of rotatable bonds is 4. The summed E-state index contributed by atoms with van der Waals surface area (Å²) in [5, 5.41) is 3.03. The summed E-state index contributed by atoms with van der Waals surface area (Å²) in [6.45, 7) is 8.17. The minimum absolute atomic E-state index is 0.0307. The van der Waals surface area contributed by atoms with Crippen LogP contribution < -0.4 is 5.32 Å². The number of hydrogen-bond donors (Lipinski definition) is 1. The zero-order chi connectivity index (χ0) is 18.5. The Labute approximate surface area is 154 Å². The van der Waals surface area contributed by atoms with E-state index < -0.39 is 0 Å². The van der Waals surface area contributed by atoms with Crippen LogP contribution in [-0.2, 0) is 6.42 Å². The average Bonchev–Trinajstić information content (AvgIpc) is 2.65. The SMILES string of the molecule is Cc1cccc(NC(=O)N2CCN(CCc3ccc(F)cc3)CC2)c1C. The molecule has 5 heteroatoms. The molecule has 0 atom stereocenters. The van der Waals surface area contributed by atoms with Crippen LogP contribution in [0.3, 0.4) is 0 Å². The molecule has 0 aliphatic carbocycles. The molecule has 2 amide bonds. The van der Waals surface area contributed by atoms with E-state index in [9.17, 15) is 9.18 Å². The van der Waals surface area contributed by atoms with Crippen LogP contribution >= 0.6 is 0 Å². The van der Waals surface area contributed by atoms with Crippen LogP contribution in [-0.4, -0.2) is 48.6 Å². The molecule has 2 aromatic rings. The number of nitrogens with one attached hydrogen (secondary N) is 1. The molecule has 1 aliphatic heterocycles. The standard InChI is InChI=1S/C21H26FN3O/c1-16-4-3-5-20(17(16)2)23-21(26)25-14-12-24(13-15-25)11-10-18-6-8-19(22)9-7-18/h3-9H,10-15H2,1-2H3,(H,23,26). The Morgan fingerprint density at radius 2 is 1.73 bits per heavy atom. The lowest BCUT2D eigenvalue weighted by Gasteiger charge is -2.34. The molecule has 1 N–H and O–H groups in total. The Kier molecular flexibility index (Phi) is 5.89. The van der Waals surface area contributed by atoms with E-state index in [1.54, 1.807) is 0 Å². The van der Waals surface area contributed by atoms with Crippen LogP contribution in [0.15, 0.2) is 42.5 Å². The Morgan fingerprint density at radius 1 is 1.04 bits per heavy atom. The second kappa shape index (κ2) is 8.32. The molecular weight excluding hydrogens is 329 g/mol. The fraction of sp³-hybridized carbons (Fsp3) is 0.381. The normalized spacial score (nSPS) is 15.1. The van der Waals surface area contributed by atoms with Gasteiger partial charge in [-0.3, -0.25) is 4.90 Å². The molecule has 2 aromatic carbocycles. The quantitative estimate of drug-likeness (QED) is 0.905. The lowest BCUT2D eigenvalue weighted by Crippen LogP contribution is -2.50. The number of anilines is 1. The van der Waals surface area contributed by atoms with Crippen molar-refractivity contribution in [3.05, 3.63) is 65.0 Å². The highest BCUT2D eigenvalue weighted by Gasteiger charge is 2.21. The summed E-state index contributed by atoms with van der Waals surface area (Å²) in [6.07, 6.45) is 0.898. The number of amides is 2. The zero-order valence-corrected chi connectivity index (χ0v) is 15.5. The summed E-state index contributed by atoms with van der Waals surface area (Å²) in [5.74, 6) is -0.197. The summed E-state index contributed by atoms with van der Waals surface area (Å²) in [5.41, 5.74) is 4.31. The minimum atomic E-state index is -0.197. The van der Waals surface area contributed by atoms with E-state index in [0.717, 1.165) is 56.0 Å². The third-order valence-electron chi connectivity index (χ3n) is 5.14. The molecule has 26 heavy (non-hydrogen) atoms. The second-order valence-electron chi connectivity index (χ2n) is 6.88. The van der Waals surface area contributed by atoms with Gasteiger partial charge in [-0.1, -0.05) is 24.3 Å². The maximum absolute atomic E-state index is 12.9. The van der Waals surface area contributed by atoms with Gasteiger partial charge < -0.3 is 10.2 Å². The van der Waals surface area contributed by atoms with Crippen LogP contribution in [0.2, 0.25) is 0 Å². The van der Waals surface area contributed by atoms with Crippen molar-refractivity contribution in [2.75, 3.05) is 38.0 Å². The third-order valence-corrected chi connectivity index (χ3v) is 5.14. The van der Waals surface area contributed by atoms with Gasteiger partial charge in [-0.2, -0.15) is 0 Å². The van der Waals surface area contributed by atoms with Crippen LogP contribution in [0, 0.1) is 19.7 Å². The first-order valence-corrected chi connectivity index (χ1v) is 9.12. The van der Waals surface area contributed by atoms with Crippen molar-refractivity contribution in [2.24, 2.45) is 0 Å². The molecule has 1 saturated heterocycles. The monoisotopic (exact) mass is 355 g/mol. The average molecular weight is 355 g/mol. The summed E-state index contributed by atoms with van der Waals surface area (Å²) in [6, 6.07) is 12.6. The van der Waals surface area contributed by atoms with E-state index in [1.807, 2.05) is 49.1 Å². The molecule has 0 unspecified atom stereocenters. The number of nitrogens with zero attached hydrogens (tertiary/aromatic N) is 2. The van der Waals surface area contributed by atoms with Crippen LogP contribution in [0.4, 0.5) is 14.9 Å². The first-order chi connectivity index (χ1) is 12.5. The predicted octanol–water partition coefficient (Wildman–Crippen LogP) is 3.83. The minimum Gasteiger partial charge on any atom is -0.322 e. The van der Waals surface area contributed by atoms with Gasteiger partial charge in [0, 0.05) is 38.4 Å². The molecule has 0 saturated carbocycles. The Bertz CT molecular complexity index is 752. The molecule has 138 valence electrons. The fourth-order valence-electron chi connectivity index (χ4n) is 3.19. The third kappa shape index (κ3) is 4.61. The number of hydrogen-bond acceptors (Lipinski definition) is 2. The molecule has 0 aromatic heterocycles. The molecule has 3 rings (SSSR count). The lowest BCUT2D eigenvalue weighted by molar-refractivity contribution is 0.148. The summed E-state index contributed by atoms with van der Waals surface area (Å²) in [7, 11) is 0. The van der Waals surface area contributed by atoms with Crippen molar-refractivity contribution in [1.82, 2.24) is 9.80 Å². The number of halogens is 1. The van der Waals surface area contributed by atoms with Gasteiger partial charge in [0.25, 0.3) is 0 Å². The highest BCUT2D eigenvalue weighted by molar-refractivity contribution is 5.90. The number of carbonyl (C=O) groups excluding carboxylic acids is 1. The van der Waals surface area contributed by atoms with Gasteiger partial charge in [0.1, 0.15) is 5.82 Å². The van der Waals surface area contributed by atoms with Crippen molar-refractivity contribution in [3.63, 3.8) is 0 Å². The van der Waals surface area contributed by atoms with Gasteiger partial charge in [0.15, 0.2) is 0 Å². The van der Waals surface area contributed by atoms with Crippen LogP contribution in [0.25, 0.3) is 0 Å². The van der Waals surface area contributed by atoms with E-state index in [-0.39, 0.29) is 11.8 Å². The van der Waals surface area contributed by atoms with Crippen molar-refractivity contribution >= 4 is 11.7 Å². The predicted molar refractivity (Wildman–Crippen MR) is 103 cm³/mol. The maximum atomic E-state index is 12.9. The van der Waals surface area contributed by atoms with Gasteiger partial charge in [0.05, 0.1) is 0 Å². The van der Waals surface area contributed by atoms with E-state index >= 15 is 0 Å². The largest absolute Gasteiger partial charge is 0.322 e. The molecule has 0 spiro atoms. The maximum Gasteiger partial charge on any atom is 0.321 e. The topological polar surface area (TPSA) is 35.6 Å². The zero-order valence-electron chi connectivity index (χ0n) is 15.5. The number of carbonyl (C=O) groups is 1. The Balaban J connectivity index is 1.46. The highest BCUT2D eigenvalue weighted by Crippen LogP contribution is 2.18. The molecule has 4 nitrogen and oxygen atoms in total. The Hall–Kier alpha value is -2.40. The van der Waals surface area contributed by atoms with Gasteiger partial charge in [-0.05, 0) is 55.2 Å². The van der Waals surface area contributed by atoms with Crippen molar-refractivity contribution < 1.29 is 9.18 Å². The summed E-state index contributed by atoms with van der Waals surface area (Å²) >= 11 is 0. The molecule has 1 aliphatic rings. The van der Waals surface area contributed by atoms with Crippen molar-refractivity contribution in [2.45, 2.75) is 20.3 Å². The molecule has 0 radical (unpaired) electrons. The number of piperazine rings is 1. The molecule has 1 fully saturated rings. The van der Waals surface area contributed by atoms with Gasteiger partial charge in [-0.15, -0.1) is 0 Å². The number of urea groups is 1. The molecule has 0 bridgehead atoms. The fourth-order valence-corrected chi connectivity index (χ4v) is 3.19. The lowest BCUT2D eigenvalue weighted by atomic mass is 10.1. The van der Waals surface area contributed by atoms with Crippen molar-refractivity contribution in [1.29, 1.82) is 0 Å². The first-order valence-electron chi connectivity index (χ1n) is 9.12. The van der Waals surface area contributed by atoms with Gasteiger partial charge >= 0.3 is 6.03 Å². The smallest absolute Gasteiger partial charge is 0.321 e. The van der Waals surface area contributed by atoms with Gasteiger partial charge in [-0.25, -0.2) is 9.18 Å². The van der Waals surface area contributed by atoms with E-state index in [1.165, 1.54) is 17.7 Å². The summed E-state index contributed by atoms with van der Waals surface area (Å²) < 4.78 is 12.9. The van der Waals surface area contributed by atoms with Gasteiger partial charge in [0.2, 0.25) is 0 Å². The van der Waals surface area contributed by atoms with E-state index in [4.69, 9.17) is 0 Å². The van der Waals surface area contributed by atoms with Crippen LogP contribution in [0.5, 0.6) is 0 Å². The molecular formula is C21H26FN3O.